The minimum atomic E-state index is -0.000278. The molecule has 1 unspecified atom stereocenters. The van der Waals surface area contributed by atoms with Crippen LogP contribution in [0.25, 0.3) is 0 Å². The van der Waals surface area contributed by atoms with E-state index in [1.54, 1.807) is 0 Å². The maximum absolute atomic E-state index is 12.9. The molecule has 0 aliphatic heterocycles. The van der Waals surface area contributed by atoms with E-state index in [1.165, 1.54) is 0 Å². The Labute approximate surface area is 130 Å². The van der Waals surface area contributed by atoms with Crippen LogP contribution in [0.5, 0.6) is 0 Å². The minimum Gasteiger partial charge on any atom is -0.292 e. The normalized spacial score (nSPS) is 13.1. The summed E-state index contributed by atoms with van der Waals surface area (Å²) in [5, 5.41) is 0. The van der Waals surface area contributed by atoms with Gasteiger partial charge in [-0.05, 0) is 25.2 Å². The lowest BCUT2D eigenvalue weighted by molar-refractivity contribution is 0.0665. The summed E-state index contributed by atoms with van der Waals surface area (Å²) in [7, 11) is 0. The second-order valence-corrected chi connectivity index (χ2v) is 6.22. The summed E-state index contributed by atoms with van der Waals surface area (Å²) >= 11 is 0. The number of carbonyl (C=O) groups excluding carboxylic acids is 1. The molecule has 2 nitrogen and oxygen atoms in total. The standard InChI is InChI=1S/C19H31NO/c1-6-17(7-2)20(14-15(4)5)18(8-3)19(21)16-12-10-9-11-13-16/h9-13,15,17-18H,6-8,14H2,1-5H3. The van der Waals surface area contributed by atoms with Gasteiger partial charge in [0, 0.05) is 18.2 Å². The molecule has 0 N–H and O–H groups in total. The number of rotatable bonds is 9. The molecule has 1 atom stereocenters. The molecule has 21 heavy (non-hydrogen) atoms. The topological polar surface area (TPSA) is 20.3 Å². The Morgan fingerprint density at radius 1 is 1.00 bits per heavy atom. The summed E-state index contributed by atoms with van der Waals surface area (Å²) in [6.07, 6.45) is 3.07. The summed E-state index contributed by atoms with van der Waals surface area (Å²) in [4.78, 5) is 15.3. The Balaban J connectivity index is 3.03. The molecule has 0 saturated carbocycles. The van der Waals surface area contributed by atoms with Gasteiger partial charge in [-0.3, -0.25) is 9.69 Å². The molecule has 1 aromatic carbocycles. The largest absolute Gasteiger partial charge is 0.292 e. The van der Waals surface area contributed by atoms with E-state index < -0.39 is 0 Å². The average Bonchev–Trinajstić information content (AvgIpc) is 2.49. The van der Waals surface area contributed by atoms with Crippen LogP contribution < -0.4 is 0 Å². The van der Waals surface area contributed by atoms with Gasteiger partial charge < -0.3 is 0 Å². The lowest BCUT2D eigenvalue weighted by atomic mass is 9.96. The number of nitrogens with zero attached hydrogens (tertiary/aromatic N) is 1. The molecule has 0 fully saturated rings. The predicted octanol–water partition coefficient (Wildman–Crippen LogP) is 4.79. The molecule has 118 valence electrons. The summed E-state index contributed by atoms with van der Waals surface area (Å²) in [6.45, 7) is 12.0. The van der Waals surface area contributed by atoms with Crippen molar-refractivity contribution in [1.82, 2.24) is 4.90 Å². The molecule has 0 amide bonds. The van der Waals surface area contributed by atoms with Crippen molar-refractivity contribution in [2.75, 3.05) is 6.54 Å². The zero-order valence-electron chi connectivity index (χ0n) is 14.3. The van der Waals surface area contributed by atoms with Gasteiger partial charge in [-0.2, -0.15) is 0 Å². The van der Waals surface area contributed by atoms with Crippen molar-refractivity contribution in [3.8, 4) is 0 Å². The second-order valence-electron chi connectivity index (χ2n) is 6.22. The van der Waals surface area contributed by atoms with E-state index >= 15 is 0 Å². The van der Waals surface area contributed by atoms with Crippen molar-refractivity contribution in [1.29, 1.82) is 0 Å². The molecule has 0 bridgehead atoms. The van der Waals surface area contributed by atoms with Gasteiger partial charge in [0.15, 0.2) is 5.78 Å². The molecule has 0 saturated heterocycles. The van der Waals surface area contributed by atoms with E-state index in [-0.39, 0.29) is 11.8 Å². The number of hydrogen-bond acceptors (Lipinski definition) is 2. The average molecular weight is 289 g/mol. The van der Waals surface area contributed by atoms with Crippen molar-refractivity contribution >= 4 is 5.78 Å². The quantitative estimate of drug-likeness (QED) is 0.609. The molecule has 0 aliphatic carbocycles. The van der Waals surface area contributed by atoms with Gasteiger partial charge >= 0.3 is 0 Å². The van der Waals surface area contributed by atoms with Gasteiger partial charge in [0.1, 0.15) is 0 Å². The number of hydrogen-bond donors (Lipinski definition) is 0. The highest BCUT2D eigenvalue weighted by molar-refractivity contribution is 6.00. The van der Waals surface area contributed by atoms with Crippen LogP contribution in [0.3, 0.4) is 0 Å². The van der Waals surface area contributed by atoms with Crippen molar-refractivity contribution < 1.29 is 4.79 Å². The van der Waals surface area contributed by atoms with Crippen LogP contribution in [0.1, 0.15) is 64.2 Å². The Morgan fingerprint density at radius 3 is 2.00 bits per heavy atom. The third-order valence-corrected chi connectivity index (χ3v) is 4.14. The van der Waals surface area contributed by atoms with Gasteiger partial charge in [0.2, 0.25) is 0 Å². The molecular formula is C19H31NO. The predicted molar refractivity (Wildman–Crippen MR) is 90.8 cm³/mol. The monoisotopic (exact) mass is 289 g/mol. The highest BCUT2D eigenvalue weighted by Crippen LogP contribution is 2.20. The minimum absolute atomic E-state index is 0.000278. The van der Waals surface area contributed by atoms with Crippen molar-refractivity contribution in [3.63, 3.8) is 0 Å². The molecule has 0 radical (unpaired) electrons. The van der Waals surface area contributed by atoms with Crippen LogP contribution in [0.2, 0.25) is 0 Å². The number of ketones is 1. The fourth-order valence-electron chi connectivity index (χ4n) is 3.08. The first-order valence-electron chi connectivity index (χ1n) is 8.40. The summed E-state index contributed by atoms with van der Waals surface area (Å²) in [6, 6.07) is 10.2. The van der Waals surface area contributed by atoms with E-state index in [0.29, 0.717) is 12.0 Å². The molecule has 1 rings (SSSR count). The maximum Gasteiger partial charge on any atom is 0.179 e. The number of benzene rings is 1. The zero-order valence-corrected chi connectivity index (χ0v) is 14.3. The molecule has 1 aromatic rings. The van der Waals surface area contributed by atoms with Crippen LogP contribution in [0, 0.1) is 5.92 Å². The van der Waals surface area contributed by atoms with Crippen LogP contribution in [0.4, 0.5) is 0 Å². The van der Waals surface area contributed by atoms with E-state index in [1.807, 2.05) is 30.3 Å². The Hall–Kier alpha value is -1.15. The van der Waals surface area contributed by atoms with Gasteiger partial charge in [-0.25, -0.2) is 0 Å². The van der Waals surface area contributed by atoms with E-state index in [9.17, 15) is 4.79 Å². The van der Waals surface area contributed by atoms with Gasteiger partial charge in [-0.15, -0.1) is 0 Å². The molecule has 0 spiro atoms. The lowest BCUT2D eigenvalue weighted by Gasteiger charge is -2.37. The Morgan fingerprint density at radius 2 is 1.57 bits per heavy atom. The number of carbonyl (C=O) groups is 1. The fourth-order valence-corrected chi connectivity index (χ4v) is 3.08. The van der Waals surface area contributed by atoms with Crippen molar-refractivity contribution in [2.24, 2.45) is 5.92 Å². The molecule has 0 aliphatic rings. The summed E-state index contributed by atoms with van der Waals surface area (Å²) in [5.74, 6) is 0.842. The molecular weight excluding hydrogens is 258 g/mol. The lowest BCUT2D eigenvalue weighted by Crippen LogP contribution is -2.48. The molecule has 0 aromatic heterocycles. The number of Topliss-reactive ketones (excluding diaryl/α,β-unsaturated/α-hetero) is 1. The maximum atomic E-state index is 12.9. The first-order valence-corrected chi connectivity index (χ1v) is 8.40. The van der Waals surface area contributed by atoms with Crippen LogP contribution in [0.15, 0.2) is 30.3 Å². The zero-order chi connectivity index (χ0) is 15.8. The molecule has 0 heterocycles. The van der Waals surface area contributed by atoms with Gasteiger partial charge in [-0.1, -0.05) is 65.0 Å². The first-order chi connectivity index (χ1) is 10.0. The Kier molecular flexibility index (Phi) is 7.66. The van der Waals surface area contributed by atoms with Crippen LogP contribution >= 0.6 is 0 Å². The first kappa shape index (κ1) is 17.9. The molecule has 2 heteroatoms. The SMILES string of the molecule is CCC(CC)N(CC(C)C)C(CC)C(=O)c1ccccc1. The van der Waals surface area contributed by atoms with Crippen molar-refractivity contribution in [2.45, 2.75) is 66.0 Å². The summed E-state index contributed by atoms with van der Waals surface area (Å²) < 4.78 is 0. The third kappa shape index (κ3) is 4.96. The highest BCUT2D eigenvalue weighted by atomic mass is 16.1. The smallest absolute Gasteiger partial charge is 0.179 e. The third-order valence-electron chi connectivity index (χ3n) is 4.14. The fraction of sp³-hybridized carbons (Fsp3) is 0.632. The van der Waals surface area contributed by atoms with E-state index in [2.05, 4.69) is 39.5 Å². The van der Waals surface area contributed by atoms with Crippen LogP contribution in [-0.2, 0) is 0 Å². The van der Waals surface area contributed by atoms with E-state index in [0.717, 1.165) is 31.4 Å². The van der Waals surface area contributed by atoms with Gasteiger partial charge in [0.25, 0.3) is 0 Å². The van der Waals surface area contributed by atoms with Crippen molar-refractivity contribution in [3.05, 3.63) is 35.9 Å². The Bertz CT molecular complexity index is 409. The second kappa shape index (κ2) is 8.99. The van der Waals surface area contributed by atoms with Crippen LogP contribution in [-0.4, -0.2) is 29.3 Å². The van der Waals surface area contributed by atoms with E-state index in [4.69, 9.17) is 0 Å². The van der Waals surface area contributed by atoms with Gasteiger partial charge in [0.05, 0.1) is 6.04 Å². The summed E-state index contributed by atoms with van der Waals surface area (Å²) in [5.41, 5.74) is 0.837. The highest BCUT2D eigenvalue weighted by Gasteiger charge is 2.29.